The molecule has 0 radical (unpaired) electrons. The van der Waals surface area contributed by atoms with Crippen LogP contribution in [0.5, 0.6) is 0 Å². The van der Waals surface area contributed by atoms with Gasteiger partial charge in [0.15, 0.2) is 0 Å². The molecule has 1 aliphatic rings. The van der Waals surface area contributed by atoms with Gasteiger partial charge in [0, 0.05) is 18.1 Å². The summed E-state index contributed by atoms with van der Waals surface area (Å²) >= 11 is 0. The fraction of sp³-hybridized carbons (Fsp3) is 0.375. The molecule has 2 aromatic rings. The van der Waals surface area contributed by atoms with Crippen LogP contribution in [0.1, 0.15) is 36.5 Å². The number of rotatable bonds is 4. The molecule has 0 aliphatic heterocycles. The summed E-state index contributed by atoms with van der Waals surface area (Å²) in [6, 6.07) is 7.61. The highest BCUT2D eigenvalue weighted by atomic mass is 16.1. The minimum Gasteiger partial charge on any atom is -0.383 e. The van der Waals surface area contributed by atoms with Crippen LogP contribution in [0, 0.1) is 5.41 Å². The zero-order chi connectivity index (χ0) is 14.2. The van der Waals surface area contributed by atoms with E-state index in [1.165, 1.54) is 12.8 Å². The maximum atomic E-state index is 12.4. The second-order valence-electron chi connectivity index (χ2n) is 5.64. The minimum atomic E-state index is -0.0616. The summed E-state index contributed by atoms with van der Waals surface area (Å²) in [5, 5.41) is 4.73. The third-order valence-electron chi connectivity index (χ3n) is 4.40. The maximum absolute atomic E-state index is 12.4. The molecule has 1 fully saturated rings. The number of nitrogens with zero attached hydrogens (tertiary/aromatic N) is 1. The molecule has 3 N–H and O–H groups in total. The monoisotopic (exact) mass is 269 g/mol. The van der Waals surface area contributed by atoms with E-state index in [0.29, 0.717) is 16.8 Å². The van der Waals surface area contributed by atoms with Crippen LogP contribution in [0.15, 0.2) is 30.5 Å². The Labute approximate surface area is 118 Å². The molecule has 0 bridgehead atoms. The molecule has 4 nitrogen and oxygen atoms in total. The fourth-order valence-electron chi connectivity index (χ4n) is 2.59. The van der Waals surface area contributed by atoms with Crippen molar-refractivity contribution < 1.29 is 4.79 Å². The third kappa shape index (κ3) is 2.22. The Morgan fingerprint density at radius 2 is 2.05 bits per heavy atom. The number of nitrogen functional groups attached to an aromatic ring is 1. The smallest absolute Gasteiger partial charge is 0.253 e. The Kier molecular flexibility index (Phi) is 3.08. The van der Waals surface area contributed by atoms with Gasteiger partial charge in [0.2, 0.25) is 0 Å². The Bertz CT molecular complexity index is 662. The van der Waals surface area contributed by atoms with Crippen molar-refractivity contribution in [3.8, 4) is 0 Å². The standard InChI is InChI=1S/C16H19N3O/c1-2-16(7-8-16)10-19-15(20)13-9-18-14(17)12-6-4-3-5-11(12)13/h3-6,9H,2,7-8,10H2,1H3,(H2,17,18)(H,19,20). The van der Waals surface area contributed by atoms with Gasteiger partial charge in [-0.1, -0.05) is 31.2 Å². The number of benzene rings is 1. The van der Waals surface area contributed by atoms with Crippen molar-refractivity contribution in [2.24, 2.45) is 5.41 Å². The van der Waals surface area contributed by atoms with Crippen LogP contribution < -0.4 is 11.1 Å². The van der Waals surface area contributed by atoms with Crippen LogP contribution in [0.4, 0.5) is 5.82 Å². The van der Waals surface area contributed by atoms with E-state index in [4.69, 9.17) is 5.73 Å². The van der Waals surface area contributed by atoms with Gasteiger partial charge in [0.1, 0.15) is 5.82 Å². The van der Waals surface area contributed by atoms with Crippen LogP contribution in [-0.4, -0.2) is 17.4 Å². The first kappa shape index (κ1) is 12.9. The Balaban J connectivity index is 1.86. The average molecular weight is 269 g/mol. The van der Waals surface area contributed by atoms with Gasteiger partial charge in [-0.2, -0.15) is 0 Å². The summed E-state index contributed by atoms with van der Waals surface area (Å²) in [5.74, 6) is 0.401. The lowest BCUT2D eigenvalue weighted by molar-refractivity contribution is 0.0945. The minimum absolute atomic E-state index is 0.0616. The molecular formula is C16H19N3O. The van der Waals surface area contributed by atoms with E-state index in [-0.39, 0.29) is 5.91 Å². The predicted octanol–water partition coefficient (Wildman–Crippen LogP) is 2.74. The first-order valence-corrected chi connectivity index (χ1v) is 7.07. The molecule has 0 atom stereocenters. The number of carbonyl (C=O) groups is 1. The lowest BCUT2D eigenvalue weighted by Gasteiger charge is -2.14. The van der Waals surface area contributed by atoms with Gasteiger partial charge in [-0.3, -0.25) is 4.79 Å². The number of nitrogens with one attached hydrogen (secondary N) is 1. The van der Waals surface area contributed by atoms with Crippen molar-refractivity contribution in [2.45, 2.75) is 26.2 Å². The number of carbonyl (C=O) groups excluding carboxylic acids is 1. The van der Waals surface area contributed by atoms with Crippen LogP contribution in [0.2, 0.25) is 0 Å². The highest BCUT2D eigenvalue weighted by Gasteiger charge is 2.40. The summed E-state index contributed by atoms with van der Waals surface area (Å²) in [6.45, 7) is 2.93. The SMILES string of the molecule is CCC1(CNC(=O)c2cnc(N)c3ccccc23)CC1. The van der Waals surface area contributed by atoms with E-state index in [1.807, 2.05) is 24.3 Å². The zero-order valence-corrected chi connectivity index (χ0v) is 11.6. The van der Waals surface area contributed by atoms with Crippen LogP contribution in [0.3, 0.4) is 0 Å². The predicted molar refractivity (Wildman–Crippen MR) is 80.4 cm³/mol. The molecule has 1 aromatic carbocycles. The van der Waals surface area contributed by atoms with Crippen molar-refractivity contribution >= 4 is 22.5 Å². The molecule has 1 aromatic heterocycles. The normalized spacial score (nSPS) is 16.1. The van der Waals surface area contributed by atoms with E-state index in [1.54, 1.807) is 6.20 Å². The van der Waals surface area contributed by atoms with Crippen molar-refractivity contribution in [3.05, 3.63) is 36.0 Å². The summed E-state index contributed by atoms with van der Waals surface area (Å²) in [7, 11) is 0. The molecule has 0 spiro atoms. The first-order valence-electron chi connectivity index (χ1n) is 7.07. The lowest BCUT2D eigenvalue weighted by atomic mass is 10.0. The highest BCUT2D eigenvalue weighted by Crippen LogP contribution is 2.47. The van der Waals surface area contributed by atoms with Gasteiger partial charge in [0.05, 0.1) is 5.56 Å². The molecule has 0 saturated heterocycles. The molecular weight excluding hydrogens is 250 g/mol. The van der Waals surface area contributed by atoms with Crippen molar-refractivity contribution in [2.75, 3.05) is 12.3 Å². The number of anilines is 1. The number of pyridine rings is 1. The molecule has 1 heterocycles. The van der Waals surface area contributed by atoms with E-state index >= 15 is 0 Å². The molecule has 1 aliphatic carbocycles. The largest absolute Gasteiger partial charge is 0.383 e. The van der Waals surface area contributed by atoms with Gasteiger partial charge in [-0.25, -0.2) is 4.98 Å². The van der Waals surface area contributed by atoms with Crippen molar-refractivity contribution in [3.63, 3.8) is 0 Å². The van der Waals surface area contributed by atoms with Gasteiger partial charge < -0.3 is 11.1 Å². The second kappa shape index (κ2) is 4.78. The Hall–Kier alpha value is -2.10. The molecule has 104 valence electrons. The number of hydrogen-bond acceptors (Lipinski definition) is 3. The fourth-order valence-corrected chi connectivity index (χ4v) is 2.59. The Morgan fingerprint density at radius 3 is 2.70 bits per heavy atom. The summed E-state index contributed by atoms with van der Waals surface area (Å²) in [4.78, 5) is 16.5. The molecule has 1 amide bonds. The Morgan fingerprint density at radius 1 is 1.35 bits per heavy atom. The second-order valence-corrected chi connectivity index (χ2v) is 5.64. The van der Waals surface area contributed by atoms with Crippen LogP contribution >= 0.6 is 0 Å². The highest BCUT2D eigenvalue weighted by molar-refractivity contribution is 6.08. The maximum Gasteiger partial charge on any atom is 0.253 e. The van der Waals surface area contributed by atoms with Crippen molar-refractivity contribution in [1.82, 2.24) is 10.3 Å². The lowest BCUT2D eigenvalue weighted by Crippen LogP contribution is -2.30. The van der Waals surface area contributed by atoms with Crippen molar-refractivity contribution in [1.29, 1.82) is 0 Å². The topological polar surface area (TPSA) is 68.0 Å². The number of fused-ring (bicyclic) bond motifs is 1. The quantitative estimate of drug-likeness (QED) is 0.896. The van der Waals surface area contributed by atoms with E-state index in [0.717, 1.165) is 23.7 Å². The average Bonchev–Trinajstić information content (AvgIpc) is 3.26. The van der Waals surface area contributed by atoms with E-state index in [2.05, 4.69) is 17.2 Å². The zero-order valence-electron chi connectivity index (χ0n) is 11.6. The molecule has 3 rings (SSSR count). The number of amides is 1. The number of hydrogen-bond donors (Lipinski definition) is 2. The molecule has 4 heteroatoms. The third-order valence-corrected chi connectivity index (χ3v) is 4.40. The summed E-state index contributed by atoms with van der Waals surface area (Å²) in [6.07, 6.45) is 5.11. The molecule has 0 unspecified atom stereocenters. The van der Waals surface area contributed by atoms with Crippen LogP contribution in [0.25, 0.3) is 10.8 Å². The van der Waals surface area contributed by atoms with E-state index < -0.39 is 0 Å². The molecule has 20 heavy (non-hydrogen) atoms. The van der Waals surface area contributed by atoms with Gasteiger partial charge in [0.25, 0.3) is 5.91 Å². The van der Waals surface area contributed by atoms with Gasteiger partial charge in [-0.05, 0) is 30.1 Å². The van der Waals surface area contributed by atoms with Crippen LogP contribution in [-0.2, 0) is 0 Å². The number of aromatic nitrogens is 1. The number of nitrogens with two attached hydrogens (primary N) is 1. The summed E-state index contributed by atoms with van der Waals surface area (Å²) in [5.41, 5.74) is 6.80. The van der Waals surface area contributed by atoms with Gasteiger partial charge >= 0.3 is 0 Å². The first-order chi connectivity index (χ1) is 9.65. The summed E-state index contributed by atoms with van der Waals surface area (Å²) < 4.78 is 0. The van der Waals surface area contributed by atoms with Gasteiger partial charge in [-0.15, -0.1) is 0 Å². The molecule has 1 saturated carbocycles. The van der Waals surface area contributed by atoms with E-state index in [9.17, 15) is 4.79 Å².